The predicted molar refractivity (Wildman–Crippen MR) is 141 cm³/mol. The van der Waals surface area contributed by atoms with E-state index in [2.05, 4.69) is 26.5 Å². The molecule has 4 aromatic rings. The second-order valence-corrected chi connectivity index (χ2v) is 9.99. The van der Waals surface area contributed by atoms with E-state index in [1.54, 1.807) is 12.1 Å². The summed E-state index contributed by atoms with van der Waals surface area (Å²) >= 11 is 3.26. The molecule has 0 aliphatic rings. The molecular weight excluding hydrogens is 566 g/mol. The smallest absolute Gasteiger partial charge is 0.339 e. The molecule has 0 heterocycles. The highest BCUT2D eigenvalue weighted by molar-refractivity contribution is 9.10. The normalized spacial score (nSPS) is 11.4. The molecule has 188 valence electrons. The lowest BCUT2D eigenvalue weighted by molar-refractivity contribution is -0.385. The maximum Gasteiger partial charge on any atom is 0.339 e. The summed E-state index contributed by atoms with van der Waals surface area (Å²) in [6.45, 7) is 0. The highest BCUT2D eigenvalue weighted by Crippen LogP contribution is 2.38. The molecule has 1 N–H and O–H groups in total. The second kappa shape index (κ2) is 10.8. The number of nitro groups is 1. The zero-order valence-electron chi connectivity index (χ0n) is 19.1. The number of rotatable bonds is 8. The molecule has 0 saturated carbocycles. The number of nitrogens with one attached hydrogen (secondary N) is 1. The quantitative estimate of drug-likeness (QED) is 0.132. The molecule has 4 rings (SSSR count). The first-order valence-electron chi connectivity index (χ1n) is 10.6. The van der Waals surface area contributed by atoms with Gasteiger partial charge in [0, 0.05) is 17.7 Å². The fraction of sp³-hybridized carbons (Fsp3) is 0.0400. The van der Waals surface area contributed by atoms with Gasteiger partial charge in [-0.05, 0) is 62.6 Å². The molecule has 0 unspecified atom stereocenters. The molecule has 10 nitrogen and oxygen atoms in total. The monoisotopic (exact) mass is 583 g/mol. The highest BCUT2D eigenvalue weighted by atomic mass is 79.9. The van der Waals surface area contributed by atoms with Crippen LogP contribution in [0.2, 0.25) is 0 Å². The van der Waals surface area contributed by atoms with E-state index in [9.17, 15) is 23.3 Å². The molecule has 1 amide bonds. The van der Waals surface area contributed by atoms with Crippen LogP contribution in [0.25, 0.3) is 10.8 Å². The average Bonchev–Trinajstić information content (AvgIpc) is 2.89. The van der Waals surface area contributed by atoms with E-state index in [1.165, 1.54) is 43.7 Å². The summed E-state index contributed by atoms with van der Waals surface area (Å²) in [5.74, 6) is -0.520. The van der Waals surface area contributed by atoms with Gasteiger partial charge in [0.2, 0.25) is 0 Å². The molecular formula is C25H18BrN3O7S. The largest absolute Gasteiger partial charge is 0.493 e. The maximum absolute atomic E-state index is 12.8. The van der Waals surface area contributed by atoms with Crippen molar-refractivity contribution in [2.75, 3.05) is 7.11 Å². The summed E-state index contributed by atoms with van der Waals surface area (Å²) < 4.78 is 36.2. The van der Waals surface area contributed by atoms with Crippen LogP contribution >= 0.6 is 15.9 Å². The summed E-state index contributed by atoms with van der Waals surface area (Å²) in [4.78, 5) is 22.4. The molecule has 0 bridgehead atoms. The van der Waals surface area contributed by atoms with Crippen molar-refractivity contribution in [2.45, 2.75) is 4.90 Å². The van der Waals surface area contributed by atoms with Crippen molar-refractivity contribution in [3.63, 3.8) is 0 Å². The number of ether oxygens (including phenoxy) is 1. The molecule has 0 aliphatic carbocycles. The average molecular weight is 584 g/mol. The Kier molecular flexibility index (Phi) is 7.50. The number of carbonyl (C=O) groups excluding carboxylic acids is 1. The number of amides is 1. The molecule has 4 aromatic carbocycles. The van der Waals surface area contributed by atoms with Crippen molar-refractivity contribution in [1.29, 1.82) is 0 Å². The van der Waals surface area contributed by atoms with Crippen molar-refractivity contribution in [2.24, 2.45) is 5.10 Å². The fourth-order valence-electron chi connectivity index (χ4n) is 3.37. The molecule has 0 atom stereocenters. The van der Waals surface area contributed by atoms with E-state index in [0.29, 0.717) is 11.1 Å². The SMILES string of the molecule is COc1cc(/C=N\NC(=O)c2ccc3ccccc3c2)cc(Br)c1OS(=O)(=O)c1cccc([N+](=O)[O-])c1. The van der Waals surface area contributed by atoms with Gasteiger partial charge in [-0.25, -0.2) is 5.43 Å². The number of fused-ring (bicyclic) bond motifs is 1. The van der Waals surface area contributed by atoms with Gasteiger partial charge >= 0.3 is 10.1 Å². The van der Waals surface area contributed by atoms with Crippen molar-refractivity contribution < 1.29 is 27.1 Å². The van der Waals surface area contributed by atoms with Crippen molar-refractivity contribution in [3.8, 4) is 11.5 Å². The van der Waals surface area contributed by atoms with E-state index >= 15 is 0 Å². The van der Waals surface area contributed by atoms with Crippen LogP contribution in [-0.2, 0) is 10.1 Å². The number of hydrogen-bond donors (Lipinski definition) is 1. The van der Waals surface area contributed by atoms with Gasteiger partial charge in [0.25, 0.3) is 11.6 Å². The van der Waals surface area contributed by atoms with Gasteiger partial charge in [0.05, 0.1) is 22.7 Å². The van der Waals surface area contributed by atoms with Crippen LogP contribution < -0.4 is 14.3 Å². The van der Waals surface area contributed by atoms with Crippen molar-refractivity contribution in [3.05, 3.63) is 105 Å². The minimum absolute atomic E-state index is 0.0469. The van der Waals surface area contributed by atoms with Crippen LogP contribution in [0.5, 0.6) is 11.5 Å². The first kappa shape index (κ1) is 25.8. The Balaban J connectivity index is 1.52. The number of non-ortho nitro benzene ring substituents is 1. The Labute approximate surface area is 219 Å². The first-order chi connectivity index (χ1) is 17.7. The molecule has 0 saturated heterocycles. The Morgan fingerprint density at radius 2 is 1.78 bits per heavy atom. The summed E-state index contributed by atoms with van der Waals surface area (Å²) in [5, 5.41) is 16.9. The van der Waals surface area contributed by atoms with E-state index in [4.69, 9.17) is 8.92 Å². The summed E-state index contributed by atoms with van der Waals surface area (Å²) in [6, 6.07) is 20.4. The van der Waals surface area contributed by atoms with Gasteiger partial charge in [-0.3, -0.25) is 14.9 Å². The molecule has 0 aliphatic heterocycles. The summed E-state index contributed by atoms with van der Waals surface area (Å²) in [7, 11) is -3.10. The Morgan fingerprint density at radius 1 is 1.03 bits per heavy atom. The highest BCUT2D eigenvalue weighted by Gasteiger charge is 2.24. The van der Waals surface area contributed by atoms with Crippen molar-refractivity contribution in [1.82, 2.24) is 5.43 Å². The van der Waals surface area contributed by atoms with Gasteiger partial charge in [0.1, 0.15) is 4.90 Å². The lowest BCUT2D eigenvalue weighted by Crippen LogP contribution is -2.17. The van der Waals surface area contributed by atoms with E-state index < -0.39 is 31.5 Å². The third-order valence-corrected chi connectivity index (χ3v) is 6.96. The van der Waals surface area contributed by atoms with E-state index in [-0.39, 0.29) is 16.0 Å². The standard InChI is InChI=1S/C25H18BrN3O7S/c1-35-23-12-16(15-27-28-25(30)19-10-9-17-5-2-3-6-18(17)13-19)11-22(26)24(23)36-37(33,34)21-8-4-7-20(14-21)29(31)32/h2-15H,1H3,(H,28,30)/b27-15-. The summed E-state index contributed by atoms with van der Waals surface area (Å²) in [5.41, 5.74) is 2.95. The molecule has 0 radical (unpaired) electrons. The summed E-state index contributed by atoms with van der Waals surface area (Å²) in [6.07, 6.45) is 1.35. The van der Waals surface area contributed by atoms with Gasteiger partial charge in [0.15, 0.2) is 11.5 Å². The Morgan fingerprint density at radius 3 is 2.51 bits per heavy atom. The minimum atomic E-state index is -4.42. The van der Waals surface area contributed by atoms with Crippen LogP contribution in [0.1, 0.15) is 15.9 Å². The van der Waals surface area contributed by atoms with E-state index in [1.807, 2.05) is 30.3 Å². The molecule has 0 fully saturated rings. The number of hydrogen-bond acceptors (Lipinski definition) is 8. The number of methoxy groups -OCH3 is 1. The number of halogens is 1. The zero-order chi connectivity index (χ0) is 26.6. The topological polar surface area (TPSA) is 137 Å². The van der Waals surface area contributed by atoms with Crippen LogP contribution in [0, 0.1) is 10.1 Å². The second-order valence-electron chi connectivity index (χ2n) is 7.59. The van der Waals surface area contributed by atoms with Gasteiger partial charge in [-0.1, -0.05) is 36.4 Å². The van der Waals surface area contributed by atoms with Gasteiger partial charge < -0.3 is 8.92 Å². The third-order valence-electron chi connectivity index (χ3n) is 5.15. The van der Waals surface area contributed by atoms with Gasteiger partial charge in [-0.2, -0.15) is 13.5 Å². The molecule has 37 heavy (non-hydrogen) atoms. The Hall–Kier alpha value is -4.29. The molecule has 0 spiro atoms. The first-order valence-corrected chi connectivity index (χ1v) is 12.8. The number of benzene rings is 4. The number of hydrazone groups is 1. The minimum Gasteiger partial charge on any atom is -0.493 e. The van der Waals surface area contributed by atoms with Crippen LogP contribution in [0.4, 0.5) is 5.69 Å². The number of nitro benzene ring substituents is 1. The fourth-order valence-corrected chi connectivity index (χ4v) is 5.01. The van der Waals surface area contributed by atoms with Crippen LogP contribution in [0.3, 0.4) is 0 Å². The molecule has 0 aromatic heterocycles. The Bertz CT molecular complexity index is 1660. The van der Waals surface area contributed by atoms with E-state index in [0.717, 1.165) is 16.8 Å². The predicted octanol–water partition coefficient (Wildman–Crippen LogP) is 5.05. The maximum atomic E-state index is 12.8. The number of carbonyl (C=O) groups is 1. The van der Waals surface area contributed by atoms with Crippen molar-refractivity contribution >= 4 is 54.6 Å². The number of nitrogens with zero attached hydrogens (tertiary/aromatic N) is 2. The molecule has 12 heteroatoms. The van der Waals surface area contributed by atoms with Gasteiger partial charge in [-0.15, -0.1) is 0 Å². The van der Waals surface area contributed by atoms with Crippen LogP contribution in [0.15, 0.2) is 93.3 Å². The third kappa shape index (κ3) is 5.93. The van der Waals surface area contributed by atoms with Crippen LogP contribution in [-0.4, -0.2) is 32.6 Å². The lowest BCUT2D eigenvalue weighted by atomic mass is 10.1. The lowest BCUT2D eigenvalue weighted by Gasteiger charge is -2.13. The zero-order valence-corrected chi connectivity index (χ0v) is 21.5.